The number of ether oxygens (including phenoxy) is 1. The van der Waals surface area contributed by atoms with Crippen molar-refractivity contribution in [3.63, 3.8) is 0 Å². The minimum atomic E-state index is -0.444. The molecule has 0 unspecified atom stereocenters. The number of halogens is 1. The fourth-order valence-electron chi connectivity index (χ4n) is 3.99. The highest BCUT2D eigenvalue weighted by Crippen LogP contribution is 2.43. The largest absolute Gasteiger partial charge is 0.444 e. The number of likely N-dealkylation sites (tertiary alicyclic amines) is 1. The lowest BCUT2D eigenvalue weighted by Crippen LogP contribution is -2.61. The predicted octanol–water partition coefficient (Wildman–Crippen LogP) is 4.23. The number of fused-ring (bicyclic) bond motifs is 1. The molecule has 0 atom stereocenters. The zero-order valence-corrected chi connectivity index (χ0v) is 17.6. The van der Waals surface area contributed by atoms with E-state index in [-0.39, 0.29) is 11.5 Å². The van der Waals surface area contributed by atoms with Gasteiger partial charge in [0.2, 0.25) is 0 Å². The van der Waals surface area contributed by atoms with E-state index in [1.54, 1.807) is 6.20 Å². The van der Waals surface area contributed by atoms with Crippen LogP contribution in [-0.4, -0.2) is 53.0 Å². The molecule has 2 fully saturated rings. The van der Waals surface area contributed by atoms with Gasteiger partial charge >= 0.3 is 6.09 Å². The van der Waals surface area contributed by atoms with E-state index >= 15 is 0 Å². The first-order valence-corrected chi connectivity index (χ1v) is 10.2. The Hall–Kier alpha value is -1.89. The maximum Gasteiger partial charge on any atom is 0.410 e. The molecule has 0 N–H and O–H groups in total. The summed E-state index contributed by atoms with van der Waals surface area (Å²) in [5, 5.41) is 10.8. The van der Waals surface area contributed by atoms with Gasteiger partial charge in [-0.15, -0.1) is 5.10 Å². The van der Waals surface area contributed by atoms with Gasteiger partial charge in [0, 0.05) is 46.8 Å². The van der Waals surface area contributed by atoms with Crippen molar-refractivity contribution in [2.45, 2.75) is 39.2 Å². The summed E-state index contributed by atoms with van der Waals surface area (Å²) in [7, 11) is 0. The Labute approximate surface area is 168 Å². The molecule has 0 aliphatic carbocycles. The molecule has 1 spiro atoms. The molecule has 144 valence electrons. The second-order valence-electron chi connectivity index (χ2n) is 8.72. The topological polar surface area (TPSA) is 58.6 Å². The molecule has 27 heavy (non-hydrogen) atoms. The number of carbonyl (C=O) groups is 1. The summed E-state index contributed by atoms with van der Waals surface area (Å²) in [6.07, 6.45) is 3.62. The summed E-state index contributed by atoms with van der Waals surface area (Å²) >= 11 is 3.55. The summed E-state index contributed by atoms with van der Waals surface area (Å²) < 4.78 is 6.55. The molecule has 2 aliphatic rings. The normalized spacial score (nSPS) is 19.3. The number of carbonyl (C=O) groups excluding carboxylic acids is 1. The summed E-state index contributed by atoms with van der Waals surface area (Å²) in [5.41, 5.74) is -0.171. The number of amides is 1. The average molecular weight is 433 g/mol. The van der Waals surface area contributed by atoms with E-state index in [1.165, 1.54) is 0 Å². The van der Waals surface area contributed by atoms with Crippen molar-refractivity contribution < 1.29 is 9.53 Å². The monoisotopic (exact) mass is 432 g/mol. The maximum absolute atomic E-state index is 12.3. The fraction of sp³-hybridized carbons (Fsp3) is 0.550. The van der Waals surface area contributed by atoms with Crippen LogP contribution in [0.3, 0.4) is 0 Å². The lowest BCUT2D eigenvalue weighted by atomic mass is 9.72. The van der Waals surface area contributed by atoms with Gasteiger partial charge in [0.25, 0.3) is 0 Å². The minimum Gasteiger partial charge on any atom is -0.444 e. The molecule has 0 saturated carbocycles. The van der Waals surface area contributed by atoms with Gasteiger partial charge in [-0.1, -0.05) is 22.0 Å². The summed E-state index contributed by atoms with van der Waals surface area (Å²) in [5.74, 6) is 0.953. The zero-order chi connectivity index (χ0) is 19.2. The van der Waals surface area contributed by atoms with Crippen LogP contribution in [0.15, 0.2) is 28.9 Å². The molecule has 1 aromatic heterocycles. The summed E-state index contributed by atoms with van der Waals surface area (Å²) in [4.78, 5) is 16.4. The molecule has 2 aromatic rings. The van der Waals surface area contributed by atoms with Crippen molar-refractivity contribution >= 4 is 38.6 Å². The van der Waals surface area contributed by atoms with Crippen molar-refractivity contribution in [3.8, 4) is 0 Å². The Bertz CT molecular complexity index is 864. The van der Waals surface area contributed by atoms with E-state index in [2.05, 4.69) is 43.2 Å². The number of hydrogen-bond donors (Lipinski definition) is 0. The van der Waals surface area contributed by atoms with Crippen LogP contribution >= 0.6 is 15.9 Å². The first kappa shape index (κ1) is 18.5. The number of aromatic nitrogens is 2. The van der Waals surface area contributed by atoms with Crippen LogP contribution in [0.1, 0.15) is 33.6 Å². The van der Waals surface area contributed by atoms with Crippen LogP contribution in [0.2, 0.25) is 0 Å². The third-order valence-electron chi connectivity index (χ3n) is 5.43. The van der Waals surface area contributed by atoms with Crippen LogP contribution in [0.25, 0.3) is 10.8 Å². The Morgan fingerprint density at radius 3 is 2.59 bits per heavy atom. The highest BCUT2D eigenvalue weighted by Gasteiger charge is 2.46. The Morgan fingerprint density at radius 2 is 1.93 bits per heavy atom. The third-order valence-corrected chi connectivity index (χ3v) is 5.93. The van der Waals surface area contributed by atoms with Crippen LogP contribution in [0.5, 0.6) is 0 Å². The highest BCUT2D eigenvalue weighted by molar-refractivity contribution is 9.10. The molecule has 3 heterocycles. The molecule has 0 bridgehead atoms. The van der Waals surface area contributed by atoms with Crippen molar-refractivity contribution in [1.29, 1.82) is 0 Å². The highest BCUT2D eigenvalue weighted by atomic mass is 79.9. The first-order chi connectivity index (χ1) is 12.7. The number of anilines is 1. The number of nitrogens with zero attached hydrogens (tertiary/aromatic N) is 4. The lowest BCUT2D eigenvalue weighted by Gasteiger charge is -2.54. The fourth-order valence-corrected chi connectivity index (χ4v) is 4.35. The lowest BCUT2D eigenvalue weighted by molar-refractivity contribution is 0.00592. The van der Waals surface area contributed by atoms with Crippen LogP contribution in [-0.2, 0) is 4.74 Å². The average Bonchev–Trinajstić information content (AvgIpc) is 2.58. The van der Waals surface area contributed by atoms with Crippen LogP contribution in [0, 0.1) is 5.41 Å². The Balaban J connectivity index is 1.41. The molecule has 0 radical (unpaired) electrons. The molecule has 1 aromatic carbocycles. The number of piperidine rings is 1. The quantitative estimate of drug-likeness (QED) is 0.674. The van der Waals surface area contributed by atoms with Gasteiger partial charge in [0.1, 0.15) is 5.60 Å². The minimum absolute atomic E-state index is 0.196. The summed E-state index contributed by atoms with van der Waals surface area (Å²) in [6, 6.07) is 6.19. The Morgan fingerprint density at radius 1 is 1.22 bits per heavy atom. The second kappa shape index (κ2) is 6.62. The van der Waals surface area contributed by atoms with Crippen molar-refractivity contribution in [1.82, 2.24) is 15.1 Å². The zero-order valence-electron chi connectivity index (χ0n) is 16.0. The van der Waals surface area contributed by atoms with Crippen LogP contribution < -0.4 is 4.90 Å². The SMILES string of the molecule is CC(C)(C)OC(=O)N1CCC2(CC1)CN(c1nncc3ccc(Br)cc13)C2. The number of rotatable bonds is 1. The van der Waals surface area contributed by atoms with Gasteiger partial charge < -0.3 is 14.5 Å². The molecular formula is C20H25BrN4O2. The van der Waals surface area contributed by atoms with Gasteiger partial charge in [-0.25, -0.2) is 4.79 Å². The number of hydrogen-bond acceptors (Lipinski definition) is 5. The van der Waals surface area contributed by atoms with E-state index < -0.39 is 5.60 Å². The molecule has 2 aliphatic heterocycles. The van der Waals surface area contributed by atoms with Gasteiger partial charge in [-0.2, -0.15) is 5.10 Å². The molecule has 7 heteroatoms. The molecule has 2 saturated heterocycles. The van der Waals surface area contributed by atoms with E-state index in [1.807, 2.05) is 31.7 Å². The van der Waals surface area contributed by atoms with E-state index in [9.17, 15) is 4.79 Å². The van der Waals surface area contributed by atoms with E-state index in [0.717, 1.165) is 60.1 Å². The molecule has 4 rings (SSSR count). The van der Waals surface area contributed by atoms with Gasteiger partial charge in [-0.3, -0.25) is 0 Å². The van der Waals surface area contributed by atoms with E-state index in [0.29, 0.717) is 0 Å². The standard InChI is InChI=1S/C20H25BrN4O2/c1-19(2,3)27-18(26)24-8-6-20(7-9-24)12-25(13-20)17-16-10-15(21)5-4-14(16)11-22-23-17/h4-5,10-11H,6-9,12-13H2,1-3H3. The van der Waals surface area contributed by atoms with Crippen molar-refractivity contribution in [2.75, 3.05) is 31.1 Å². The number of benzene rings is 1. The van der Waals surface area contributed by atoms with Gasteiger partial charge in [-0.05, 0) is 45.7 Å². The Kier molecular flexibility index (Phi) is 4.53. The third kappa shape index (κ3) is 3.74. The first-order valence-electron chi connectivity index (χ1n) is 9.39. The predicted molar refractivity (Wildman–Crippen MR) is 109 cm³/mol. The van der Waals surface area contributed by atoms with Gasteiger partial charge in [0.15, 0.2) is 5.82 Å². The van der Waals surface area contributed by atoms with Gasteiger partial charge in [0.05, 0.1) is 6.20 Å². The van der Waals surface area contributed by atoms with Crippen molar-refractivity contribution in [3.05, 3.63) is 28.9 Å². The molecular weight excluding hydrogens is 408 g/mol. The maximum atomic E-state index is 12.3. The molecule has 1 amide bonds. The second-order valence-corrected chi connectivity index (χ2v) is 9.64. The van der Waals surface area contributed by atoms with Crippen LogP contribution in [0.4, 0.5) is 10.6 Å². The molecule has 6 nitrogen and oxygen atoms in total. The van der Waals surface area contributed by atoms with Crippen molar-refractivity contribution in [2.24, 2.45) is 5.41 Å². The smallest absolute Gasteiger partial charge is 0.410 e. The summed E-state index contributed by atoms with van der Waals surface area (Å²) in [6.45, 7) is 9.17. The van der Waals surface area contributed by atoms with E-state index in [4.69, 9.17) is 4.74 Å².